The fraction of sp³-hybridized carbons (Fsp3) is 0.632. The molecule has 1 fully saturated rings. The van der Waals surface area contributed by atoms with Crippen LogP contribution in [-0.2, 0) is 0 Å². The van der Waals surface area contributed by atoms with E-state index in [1.807, 2.05) is 32.6 Å². The van der Waals surface area contributed by atoms with Gasteiger partial charge in [0, 0.05) is 26.2 Å². The Kier molecular flexibility index (Phi) is 7.07. The molecule has 0 spiro atoms. The summed E-state index contributed by atoms with van der Waals surface area (Å²) < 4.78 is 5.57. The van der Waals surface area contributed by atoms with E-state index in [0.29, 0.717) is 0 Å². The Bertz CT molecular complexity index is 559. The van der Waals surface area contributed by atoms with Gasteiger partial charge in [-0.25, -0.2) is 0 Å². The van der Waals surface area contributed by atoms with Crippen molar-refractivity contribution in [2.75, 3.05) is 40.3 Å². The van der Waals surface area contributed by atoms with E-state index in [2.05, 4.69) is 25.8 Å². The molecule has 0 atom stereocenters. The Hall–Kier alpha value is -1.55. The van der Waals surface area contributed by atoms with Crippen molar-refractivity contribution in [3.05, 3.63) is 27.8 Å². The van der Waals surface area contributed by atoms with E-state index in [0.717, 1.165) is 48.6 Å². The Balaban J connectivity index is 0.00000127. The highest BCUT2D eigenvalue weighted by Crippen LogP contribution is 2.33. The molecule has 0 unspecified atom stereocenters. The van der Waals surface area contributed by atoms with Gasteiger partial charge in [-0.2, -0.15) is 0 Å². The van der Waals surface area contributed by atoms with E-state index in [-0.39, 0.29) is 5.91 Å². The lowest BCUT2D eigenvalue weighted by Crippen LogP contribution is -2.47. The minimum Gasteiger partial charge on any atom is -0.496 e. The van der Waals surface area contributed by atoms with Crippen LogP contribution in [0.4, 0.5) is 0 Å². The Morgan fingerprint density at radius 3 is 1.83 bits per heavy atom. The van der Waals surface area contributed by atoms with E-state index < -0.39 is 0 Å². The predicted molar refractivity (Wildman–Crippen MR) is 96.7 cm³/mol. The van der Waals surface area contributed by atoms with Crippen molar-refractivity contribution in [2.24, 2.45) is 0 Å². The SMILES string of the molecule is CC.COc1c(C)c(C)c(C)c(C)c1C(=O)N1CCN(C)CC1. The first-order valence-electron chi connectivity index (χ1n) is 8.50. The lowest BCUT2D eigenvalue weighted by atomic mass is 9.92. The third-order valence-electron chi connectivity index (χ3n) is 4.84. The first-order chi connectivity index (χ1) is 10.9. The molecule has 0 aromatic heterocycles. The zero-order valence-electron chi connectivity index (χ0n) is 16.0. The second-order valence-corrected chi connectivity index (χ2v) is 6.00. The molecule has 1 amide bonds. The molecule has 1 aliphatic heterocycles. The summed E-state index contributed by atoms with van der Waals surface area (Å²) >= 11 is 0. The molecule has 1 aromatic carbocycles. The van der Waals surface area contributed by atoms with Gasteiger partial charge in [0.05, 0.1) is 12.7 Å². The zero-order chi connectivity index (χ0) is 17.7. The molecule has 0 radical (unpaired) electrons. The van der Waals surface area contributed by atoms with Gasteiger partial charge < -0.3 is 14.5 Å². The summed E-state index contributed by atoms with van der Waals surface area (Å²) in [6, 6.07) is 0. The predicted octanol–water partition coefficient (Wildman–Crippen LogP) is 3.34. The lowest BCUT2D eigenvalue weighted by Gasteiger charge is -2.33. The molecule has 23 heavy (non-hydrogen) atoms. The van der Waals surface area contributed by atoms with E-state index in [9.17, 15) is 4.79 Å². The maximum atomic E-state index is 13.0. The van der Waals surface area contributed by atoms with Gasteiger partial charge in [0.1, 0.15) is 5.75 Å². The maximum Gasteiger partial charge on any atom is 0.257 e. The highest BCUT2D eigenvalue weighted by molar-refractivity contribution is 5.99. The monoisotopic (exact) mass is 320 g/mol. The van der Waals surface area contributed by atoms with Gasteiger partial charge in [0.25, 0.3) is 5.91 Å². The summed E-state index contributed by atoms with van der Waals surface area (Å²) in [7, 11) is 3.74. The fourth-order valence-electron chi connectivity index (χ4n) is 2.96. The molecule has 2 rings (SSSR count). The second-order valence-electron chi connectivity index (χ2n) is 6.00. The van der Waals surface area contributed by atoms with Crippen molar-refractivity contribution < 1.29 is 9.53 Å². The molecule has 4 heteroatoms. The summed E-state index contributed by atoms with van der Waals surface area (Å²) in [4.78, 5) is 17.1. The number of carbonyl (C=O) groups is 1. The number of carbonyl (C=O) groups excluding carboxylic acids is 1. The molecule has 1 heterocycles. The topological polar surface area (TPSA) is 32.8 Å². The normalized spacial score (nSPS) is 15.0. The summed E-state index contributed by atoms with van der Waals surface area (Å²) in [6.45, 7) is 15.6. The van der Waals surface area contributed by atoms with Crippen LogP contribution in [0.15, 0.2) is 0 Å². The van der Waals surface area contributed by atoms with Gasteiger partial charge in [-0.05, 0) is 57.0 Å². The van der Waals surface area contributed by atoms with Crippen LogP contribution < -0.4 is 4.74 Å². The van der Waals surface area contributed by atoms with Gasteiger partial charge in [-0.3, -0.25) is 4.79 Å². The standard InChI is InChI=1S/C17H26N2O2.C2H6/c1-11-12(2)14(4)16(21-6)15(13(11)3)17(20)19-9-7-18(5)8-10-19;1-2/h7-10H2,1-6H3;1-2H3. The van der Waals surface area contributed by atoms with Gasteiger partial charge in [0.2, 0.25) is 0 Å². The van der Waals surface area contributed by atoms with E-state index in [1.54, 1.807) is 7.11 Å². The first kappa shape index (κ1) is 19.5. The van der Waals surface area contributed by atoms with E-state index >= 15 is 0 Å². The quantitative estimate of drug-likeness (QED) is 0.838. The van der Waals surface area contributed by atoms with E-state index in [1.165, 1.54) is 11.1 Å². The molecule has 1 aliphatic rings. The molecule has 1 saturated heterocycles. The number of benzene rings is 1. The number of likely N-dealkylation sites (N-methyl/N-ethyl adjacent to an activating group) is 1. The summed E-state index contributed by atoms with van der Waals surface area (Å²) in [6.07, 6.45) is 0. The first-order valence-corrected chi connectivity index (χ1v) is 8.50. The largest absolute Gasteiger partial charge is 0.496 e. The molecule has 0 saturated carbocycles. The molecular formula is C19H32N2O2. The van der Waals surface area contributed by atoms with Crippen LogP contribution >= 0.6 is 0 Å². The van der Waals surface area contributed by atoms with Crippen LogP contribution in [0.3, 0.4) is 0 Å². The number of hydrogen-bond acceptors (Lipinski definition) is 3. The van der Waals surface area contributed by atoms with Crippen molar-refractivity contribution in [3.8, 4) is 5.75 Å². The average molecular weight is 320 g/mol. The fourth-order valence-corrected chi connectivity index (χ4v) is 2.96. The second kappa shape index (κ2) is 8.34. The highest BCUT2D eigenvalue weighted by atomic mass is 16.5. The minimum atomic E-state index is 0.101. The van der Waals surface area contributed by atoms with Crippen LogP contribution in [0, 0.1) is 27.7 Å². The molecular weight excluding hydrogens is 288 g/mol. The Morgan fingerprint density at radius 1 is 0.870 bits per heavy atom. The Morgan fingerprint density at radius 2 is 1.35 bits per heavy atom. The van der Waals surface area contributed by atoms with Gasteiger partial charge in [-0.15, -0.1) is 0 Å². The highest BCUT2D eigenvalue weighted by Gasteiger charge is 2.27. The van der Waals surface area contributed by atoms with Crippen molar-refractivity contribution in [3.63, 3.8) is 0 Å². The molecule has 0 aliphatic carbocycles. The van der Waals surface area contributed by atoms with Crippen LogP contribution in [0.2, 0.25) is 0 Å². The van der Waals surface area contributed by atoms with Crippen LogP contribution in [0.25, 0.3) is 0 Å². The summed E-state index contributed by atoms with van der Waals surface area (Å²) in [5.74, 6) is 0.836. The lowest BCUT2D eigenvalue weighted by molar-refractivity contribution is 0.0659. The number of rotatable bonds is 2. The number of amides is 1. The van der Waals surface area contributed by atoms with E-state index in [4.69, 9.17) is 4.74 Å². The average Bonchev–Trinajstić information content (AvgIpc) is 2.58. The summed E-state index contributed by atoms with van der Waals surface area (Å²) in [5, 5.41) is 0. The van der Waals surface area contributed by atoms with Gasteiger partial charge in [-0.1, -0.05) is 13.8 Å². The van der Waals surface area contributed by atoms with Crippen LogP contribution in [0.1, 0.15) is 46.5 Å². The minimum absolute atomic E-state index is 0.101. The van der Waals surface area contributed by atoms with Crippen LogP contribution in [-0.4, -0.2) is 56.0 Å². The number of nitrogens with zero attached hydrogens (tertiary/aromatic N) is 2. The molecule has 0 bridgehead atoms. The van der Waals surface area contributed by atoms with Gasteiger partial charge >= 0.3 is 0 Å². The number of hydrogen-bond donors (Lipinski definition) is 0. The molecule has 0 N–H and O–H groups in total. The summed E-state index contributed by atoms with van der Waals surface area (Å²) in [5.41, 5.74) is 5.24. The molecule has 130 valence electrons. The number of methoxy groups -OCH3 is 1. The van der Waals surface area contributed by atoms with Crippen molar-refractivity contribution in [1.29, 1.82) is 0 Å². The van der Waals surface area contributed by atoms with Crippen molar-refractivity contribution >= 4 is 5.91 Å². The third-order valence-corrected chi connectivity index (χ3v) is 4.84. The van der Waals surface area contributed by atoms with Crippen molar-refractivity contribution in [1.82, 2.24) is 9.80 Å². The molecule has 1 aromatic rings. The van der Waals surface area contributed by atoms with Crippen molar-refractivity contribution in [2.45, 2.75) is 41.5 Å². The third kappa shape index (κ3) is 3.86. The zero-order valence-corrected chi connectivity index (χ0v) is 16.0. The number of ether oxygens (including phenoxy) is 1. The Labute approximate surface area is 141 Å². The maximum absolute atomic E-state index is 13.0. The van der Waals surface area contributed by atoms with Crippen LogP contribution in [0.5, 0.6) is 5.75 Å². The number of piperazine rings is 1. The van der Waals surface area contributed by atoms with Gasteiger partial charge in [0.15, 0.2) is 0 Å². The molecule has 4 nitrogen and oxygen atoms in total. The smallest absolute Gasteiger partial charge is 0.257 e.